The molecule has 1 aliphatic heterocycles. The Bertz CT molecular complexity index is 448. The first-order valence-corrected chi connectivity index (χ1v) is 7.57. The van der Waals surface area contributed by atoms with E-state index < -0.39 is 3.79 Å². The Labute approximate surface area is 132 Å². The molecule has 6 nitrogen and oxygen atoms in total. The van der Waals surface area contributed by atoms with Gasteiger partial charge in [-0.1, -0.05) is 34.8 Å². The summed E-state index contributed by atoms with van der Waals surface area (Å²) in [4.78, 5) is 14.7. The molecule has 1 aliphatic rings. The summed E-state index contributed by atoms with van der Waals surface area (Å²) >= 11 is 17.6. The van der Waals surface area contributed by atoms with Crippen LogP contribution in [0.5, 0.6) is 0 Å². The second-order valence-electron chi connectivity index (χ2n) is 4.48. The van der Waals surface area contributed by atoms with E-state index in [-0.39, 0.29) is 12.4 Å². The van der Waals surface area contributed by atoms with Crippen LogP contribution in [0.25, 0.3) is 0 Å². The van der Waals surface area contributed by atoms with Gasteiger partial charge in [-0.3, -0.25) is 0 Å². The van der Waals surface area contributed by atoms with Crippen LogP contribution in [0, 0.1) is 0 Å². The summed E-state index contributed by atoms with van der Waals surface area (Å²) < 4.78 is -1.71. The highest BCUT2D eigenvalue weighted by Gasteiger charge is 2.29. The lowest BCUT2D eigenvalue weighted by atomic mass is 10.1. The maximum absolute atomic E-state index is 8.85. The number of piperidine rings is 1. The van der Waals surface area contributed by atoms with Crippen LogP contribution in [-0.2, 0) is 3.79 Å². The Balaban J connectivity index is 2.29. The summed E-state index contributed by atoms with van der Waals surface area (Å²) in [5.41, 5.74) is 0. The summed E-state index contributed by atoms with van der Waals surface area (Å²) in [5.74, 6) is 0.885. The molecular weight excluding hydrogens is 325 g/mol. The van der Waals surface area contributed by atoms with Crippen molar-refractivity contribution in [2.24, 2.45) is 0 Å². The van der Waals surface area contributed by atoms with Crippen molar-refractivity contribution < 1.29 is 5.11 Å². The number of nitrogens with zero attached hydrogens (tertiary/aromatic N) is 4. The smallest absolute Gasteiger partial charge is 0.250 e. The molecular formula is C11H16Cl3N5O. The molecule has 0 amide bonds. The molecule has 2 rings (SSSR count). The Morgan fingerprint density at radius 1 is 1.10 bits per heavy atom. The number of aliphatic hydroxyl groups is 1. The van der Waals surface area contributed by atoms with Crippen LogP contribution < -0.4 is 10.2 Å². The highest BCUT2D eigenvalue weighted by molar-refractivity contribution is 6.66. The molecule has 0 radical (unpaired) electrons. The van der Waals surface area contributed by atoms with E-state index in [1.165, 1.54) is 6.42 Å². The third kappa shape index (κ3) is 4.22. The number of nitrogens with one attached hydrogen (secondary N) is 1. The monoisotopic (exact) mass is 339 g/mol. The number of rotatable bonds is 4. The van der Waals surface area contributed by atoms with Gasteiger partial charge in [-0.2, -0.15) is 15.0 Å². The Morgan fingerprint density at radius 2 is 1.80 bits per heavy atom. The van der Waals surface area contributed by atoms with Crippen LogP contribution in [0.1, 0.15) is 25.1 Å². The molecule has 2 heterocycles. The van der Waals surface area contributed by atoms with E-state index in [1.54, 1.807) is 0 Å². The van der Waals surface area contributed by atoms with E-state index in [0.29, 0.717) is 18.4 Å². The number of anilines is 2. The van der Waals surface area contributed by atoms with E-state index in [1.807, 2.05) is 0 Å². The lowest BCUT2D eigenvalue weighted by molar-refractivity contribution is 0.310. The minimum absolute atomic E-state index is 0.0339. The minimum atomic E-state index is -1.71. The van der Waals surface area contributed by atoms with Gasteiger partial charge >= 0.3 is 0 Å². The maximum Gasteiger partial charge on any atom is 0.250 e. The zero-order chi connectivity index (χ0) is 14.6. The molecule has 2 N–H and O–H groups in total. The second-order valence-corrected chi connectivity index (χ2v) is 6.76. The number of aliphatic hydroxyl groups excluding tert-OH is 1. The predicted molar refractivity (Wildman–Crippen MR) is 80.7 cm³/mol. The first kappa shape index (κ1) is 15.8. The molecule has 1 saturated heterocycles. The van der Waals surface area contributed by atoms with Crippen molar-refractivity contribution in [3.05, 3.63) is 5.82 Å². The Morgan fingerprint density at radius 3 is 2.40 bits per heavy atom. The van der Waals surface area contributed by atoms with Crippen LogP contribution >= 0.6 is 34.8 Å². The average Bonchev–Trinajstić information content (AvgIpc) is 2.45. The van der Waals surface area contributed by atoms with Crippen LogP contribution in [0.4, 0.5) is 11.9 Å². The molecule has 0 saturated carbocycles. The first-order chi connectivity index (χ1) is 9.50. The van der Waals surface area contributed by atoms with Gasteiger partial charge in [0.15, 0.2) is 5.82 Å². The summed E-state index contributed by atoms with van der Waals surface area (Å²) in [6, 6.07) is 0. The SMILES string of the molecule is OCCNc1nc(N2CCCCC2)nc(C(Cl)(Cl)Cl)n1. The van der Waals surface area contributed by atoms with Crippen LogP contribution in [0.15, 0.2) is 0 Å². The normalized spacial score (nSPS) is 16.3. The zero-order valence-corrected chi connectivity index (χ0v) is 13.1. The van der Waals surface area contributed by atoms with Crippen LogP contribution in [-0.4, -0.2) is 46.3 Å². The summed E-state index contributed by atoms with van der Waals surface area (Å²) in [5, 5.41) is 11.7. The van der Waals surface area contributed by atoms with E-state index in [4.69, 9.17) is 39.9 Å². The van der Waals surface area contributed by atoms with Gasteiger partial charge in [-0.25, -0.2) is 0 Å². The van der Waals surface area contributed by atoms with Gasteiger partial charge < -0.3 is 15.3 Å². The quantitative estimate of drug-likeness (QED) is 0.818. The molecule has 1 aromatic heterocycles. The molecule has 0 aliphatic carbocycles. The van der Waals surface area contributed by atoms with Crippen molar-refractivity contribution in [2.75, 3.05) is 36.5 Å². The topological polar surface area (TPSA) is 74.2 Å². The molecule has 0 bridgehead atoms. The van der Waals surface area contributed by atoms with Crippen molar-refractivity contribution in [1.82, 2.24) is 15.0 Å². The number of hydrogen-bond donors (Lipinski definition) is 2. The molecule has 20 heavy (non-hydrogen) atoms. The third-order valence-corrected chi connectivity index (χ3v) is 3.42. The molecule has 0 unspecified atom stereocenters. The van der Waals surface area contributed by atoms with E-state index in [0.717, 1.165) is 25.9 Å². The van der Waals surface area contributed by atoms with E-state index in [2.05, 4.69) is 25.2 Å². The molecule has 0 spiro atoms. The second kappa shape index (κ2) is 6.93. The molecule has 1 fully saturated rings. The largest absolute Gasteiger partial charge is 0.395 e. The molecule has 9 heteroatoms. The van der Waals surface area contributed by atoms with Gasteiger partial charge in [0.05, 0.1) is 6.61 Å². The van der Waals surface area contributed by atoms with Crippen molar-refractivity contribution in [3.63, 3.8) is 0 Å². The number of halogens is 3. The fourth-order valence-electron chi connectivity index (χ4n) is 1.97. The average molecular weight is 341 g/mol. The fraction of sp³-hybridized carbons (Fsp3) is 0.727. The highest BCUT2D eigenvalue weighted by atomic mass is 35.6. The minimum Gasteiger partial charge on any atom is -0.395 e. The fourth-order valence-corrected chi connectivity index (χ4v) is 2.23. The van der Waals surface area contributed by atoms with Gasteiger partial charge in [0, 0.05) is 19.6 Å². The van der Waals surface area contributed by atoms with Crippen LogP contribution in [0.3, 0.4) is 0 Å². The summed E-state index contributed by atoms with van der Waals surface area (Å²) in [6.45, 7) is 2.04. The van der Waals surface area contributed by atoms with Gasteiger partial charge in [0.1, 0.15) is 0 Å². The predicted octanol–water partition coefficient (Wildman–Crippen LogP) is 2.09. The van der Waals surface area contributed by atoms with Crippen molar-refractivity contribution in [3.8, 4) is 0 Å². The Kier molecular flexibility index (Phi) is 5.49. The van der Waals surface area contributed by atoms with E-state index >= 15 is 0 Å². The number of alkyl halides is 3. The van der Waals surface area contributed by atoms with Gasteiger partial charge in [0.2, 0.25) is 15.7 Å². The number of hydrogen-bond acceptors (Lipinski definition) is 6. The molecule has 0 aromatic carbocycles. The molecule has 0 atom stereocenters. The molecule has 1 aromatic rings. The Hall–Kier alpha value is -0.560. The van der Waals surface area contributed by atoms with Gasteiger partial charge in [0.25, 0.3) is 0 Å². The lowest BCUT2D eigenvalue weighted by Crippen LogP contribution is -2.32. The van der Waals surface area contributed by atoms with Crippen molar-refractivity contribution >= 4 is 46.7 Å². The molecule has 112 valence electrons. The standard InChI is InChI=1S/C11H16Cl3N5O/c12-11(13,14)8-16-9(15-4-7-20)18-10(17-8)19-5-2-1-3-6-19/h20H,1-7H2,(H,15,16,17,18). The van der Waals surface area contributed by atoms with Crippen molar-refractivity contribution in [2.45, 2.75) is 23.1 Å². The van der Waals surface area contributed by atoms with Crippen molar-refractivity contribution in [1.29, 1.82) is 0 Å². The summed E-state index contributed by atoms with van der Waals surface area (Å²) in [7, 11) is 0. The third-order valence-electron chi connectivity index (χ3n) is 2.91. The van der Waals surface area contributed by atoms with E-state index in [9.17, 15) is 0 Å². The number of aromatic nitrogens is 3. The van der Waals surface area contributed by atoms with Gasteiger partial charge in [-0.05, 0) is 19.3 Å². The maximum atomic E-state index is 8.85. The highest BCUT2D eigenvalue weighted by Crippen LogP contribution is 2.36. The van der Waals surface area contributed by atoms with Gasteiger partial charge in [-0.15, -0.1) is 0 Å². The zero-order valence-electron chi connectivity index (χ0n) is 10.8. The lowest BCUT2D eigenvalue weighted by Gasteiger charge is -2.27. The first-order valence-electron chi connectivity index (χ1n) is 6.43. The summed E-state index contributed by atoms with van der Waals surface area (Å²) in [6.07, 6.45) is 3.39. The van der Waals surface area contributed by atoms with Crippen LogP contribution in [0.2, 0.25) is 0 Å².